The highest BCUT2D eigenvalue weighted by Crippen LogP contribution is 2.55. The van der Waals surface area contributed by atoms with E-state index in [0.717, 1.165) is 48.4 Å². The van der Waals surface area contributed by atoms with Crippen LogP contribution >= 0.6 is 0 Å². The number of rotatable bonds is 5. The Hall–Kier alpha value is -1.78. The fraction of sp³-hybridized carbons (Fsp3) is 0.739. The molecule has 0 saturated heterocycles. The van der Waals surface area contributed by atoms with Crippen LogP contribution in [0.5, 0.6) is 0 Å². The Morgan fingerprint density at radius 1 is 1.11 bits per heavy atom. The molecule has 152 valence electrons. The van der Waals surface area contributed by atoms with Crippen molar-refractivity contribution in [1.82, 2.24) is 9.88 Å². The van der Waals surface area contributed by atoms with Crippen LogP contribution in [-0.4, -0.2) is 28.1 Å². The Morgan fingerprint density at radius 2 is 1.68 bits per heavy atom. The Bertz CT molecular complexity index is 785. The lowest BCUT2D eigenvalue weighted by Gasteiger charge is -2.57. The van der Waals surface area contributed by atoms with E-state index in [1.54, 1.807) is 6.92 Å². The molecule has 1 amide bonds. The number of nitrogens with zero attached hydrogens (tertiary/aromatic N) is 1. The summed E-state index contributed by atoms with van der Waals surface area (Å²) in [7, 11) is 0. The second-order valence-electron chi connectivity index (χ2n) is 10.1. The summed E-state index contributed by atoms with van der Waals surface area (Å²) in [6, 6.07) is 2.43. The fourth-order valence-electron chi connectivity index (χ4n) is 6.78. The molecule has 5 aliphatic rings. The molecule has 0 radical (unpaired) electrons. The molecule has 0 aromatic carbocycles. The zero-order valence-corrected chi connectivity index (χ0v) is 17.3. The number of nitrogens with one attached hydrogen (secondary N) is 1. The lowest BCUT2D eigenvalue weighted by Crippen LogP contribution is -2.61. The van der Waals surface area contributed by atoms with Crippen molar-refractivity contribution in [3.05, 3.63) is 23.0 Å². The number of aryl methyl sites for hydroxylation is 1. The third kappa shape index (κ3) is 3.07. The van der Waals surface area contributed by atoms with Crippen molar-refractivity contribution in [2.24, 2.45) is 17.8 Å². The lowest BCUT2D eigenvalue weighted by molar-refractivity contribution is -0.134. The number of esters is 1. The second kappa shape index (κ2) is 6.36. The number of hydrogen-bond acceptors (Lipinski definition) is 3. The normalized spacial score (nSPS) is 34.3. The highest BCUT2D eigenvalue weighted by molar-refractivity contribution is 5.93. The molecule has 5 saturated carbocycles. The van der Waals surface area contributed by atoms with Crippen LogP contribution in [0.15, 0.2) is 6.07 Å². The monoisotopic (exact) mass is 384 g/mol. The van der Waals surface area contributed by atoms with Crippen LogP contribution in [0.2, 0.25) is 0 Å². The van der Waals surface area contributed by atoms with E-state index in [-0.39, 0.29) is 17.4 Å². The topological polar surface area (TPSA) is 60.3 Å². The van der Waals surface area contributed by atoms with E-state index < -0.39 is 6.10 Å². The molecule has 1 aromatic rings. The van der Waals surface area contributed by atoms with Crippen molar-refractivity contribution in [3.63, 3.8) is 0 Å². The van der Waals surface area contributed by atoms with Gasteiger partial charge in [-0.25, -0.2) is 4.79 Å². The number of carbonyl (C=O) groups excluding carboxylic acids is 2. The molecule has 0 spiro atoms. The van der Waals surface area contributed by atoms with Gasteiger partial charge in [-0.1, -0.05) is 0 Å². The van der Waals surface area contributed by atoms with Crippen molar-refractivity contribution in [2.75, 3.05) is 0 Å². The van der Waals surface area contributed by atoms with E-state index in [1.807, 2.05) is 19.9 Å². The number of hydrogen-bond donors (Lipinski definition) is 1. The van der Waals surface area contributed by atoms with Crippen molar-refractivity contribution in [1.29, 1.82) is 0 Å². The molecule has 1 atom stereocenters. The first-order valence-electron chi connectivity index (χ1n) is 11.0. The van der Waals surface area contributed by atoms with Gasteiger partial charge in [0.25, 0.3) is 5.91 Å². The van der Waals surface area contributed by atoms with Gasteiger partial charge in [0.05, 0.1) is 5.56 Å². The number of ether oxygens (including phenoxy) is 1. The predicted octanol–water partition coefficient (Wildman–Crippen LogP) is 4.07. The molecule has 0 aliphatic heterocycles. The zero-order chi connectivity index (χ0) is 19.6. The average Bonchev–Trinajstić information content (AvgIpc) is 3.38. The van der Waals surface area contributed by atoms with Crippen molar-refractivity contribution < 1.29 is 14.3 Å². The zero-order valence-electron chi connectivity index (χ0n) is 17.3. The maximum absolute atomic E-state index is 12.9. The third-order valence-electron chi connectivity index (χ3n) is 7.70. The van der Waals surface area contributed by atoms with Crippen LogP contribution in [0.3, 0.4) is 0 Å². The molecule has 4 bridgehead atoms. The first kappa shape index (κ1) is 18.3. The summed E-state index contributed by atoms with van der Waals surface area (Å²) >= 11 is 0. The minimum Gasteiger partial charge on any atom is -0.449 e. The summed E-state index contributed by atoms with van der Waals surface area (Å²) in [5.41, 5.74) is 2.60. The first-order valence-corrected chi connectivity index (χ1v) is 11.0. The molecule has 5 heteroatoms. The van der Waals surface area contributed by atoms with Gasteiger partial charge in [-0.2, -0.15) is 0 Å². The summed E-state index contributed by atoms with van der Waals surface area (Å²) < 4.78 is 7.83. The summed E-state index contributed by atoms with van der Waals surface area (Å²) in [6.07, 6.45) is 8.94. The minimum atomic E-state index is -0.760. The predicted molar refractivity (Wildman–Crippen MR) is 106 cm³/mol. The summed E-state index contributed by atoms with van der Waals surface area (Å²) in [6.45, 7) is 5.71. The summed E-state index contributed by atoms with van der Waals surface area (Å²) in [4.78, 5) is 25.6. The average molecular weight is 385 g/mol. The third-order valence-corrected chi connectivity index (χ3v) is 7.70. The molecule has 5 fully saturated rings. The molecule has 1 N–H and O–H groups in total. The quantitative estimate of drug-likeness (QED) is 0.779. The van der Waals surface area contributed by atoms with E-state index in [9.17, 15) is 9.59 Å². The number of aromatic nitrogens is 1. The van der Waals surface area contributed by atoms with Crippen LogP contribution in [0, 0.1) is 31.6 Å². The van der Waals surface area contributed by atoms with E-state index in [2.05, 4.69) is 9.88 Å². The van der Waals surface area contributed by atoms with Gasteiger partial charge in [0, 0.05) is 23.0 Å². The molecule has 5 nitrogen and oxygen atoms in total. The van der Waals surface area contributed by atoms with E-state index >= 15 is 0 Å². The van der Waals surface area contributed by atoms with Gasteiger partial charge in [0.2, 0.25) is 0 Å². The van der Waals surface area contributed by atoms with E-state index in [0.29, 0.717) is 11.6 Å². The summed E-state index contributed by atoms with van der Waals surface area (Å²) in [5, 5.41) is 3.32. The summed E-state index contributed by atoms with van der Waals surface area (Å²) in [5.74, 6) is 1.81. The molecule has 1 unspecified atom stereocenters. The van der Waals surface area contributed by atoms with Crippen molar-refractivity contribution >= 4 is 11.9 Å². The van der Waals surface area contributed by atoms with Crippen LogP contribution in [0.1, 0.15) is 86.1 Å². The molecule has 28 heavy (non-hydrogen) atoms. The molecule has 6 rings (SSSR count). The lowest BCUT2D eigenvalue weighted by atomic mass is 9.53. The van der Waals surface area contributed by atoms with Gasteiger partial charge < -0.3 is 14.6 Å². The minimum absolute atomic E-state index is 0.0473. The van der Waals surface area contributed by atoms with Crippen molar-refractivity contribution in [3.8, 4) is 0 Å². The van der Waals surface area contributed by atoms with Crippen LogP contribution in [-0.2, 0) is 9.53 Å². The highest BCUT2D eigenvalue weighted by atomic mass is 16.5. The van der Waals surface area contributed by atoms with Crippen LogP contribution in [0.4, 0.5) is 0 Å². The second-order valence-corrected chi connectivity index (χ2v) is 10.1. The van der Waals surface area contributed by atoms with Crippen LogP contribution < -0.4 is 5.32 Å². The van der Waals surface area contributed by atoms with Gasteiger partial charge in [-0.15, -0.1) is 0 Å². The first-order chi connectivity index (χ1) is 13.3. The van der Waals surface area contributed by atoms with Gasteiger partial charge in [-0.3, -0.25) is 4.79 Å². The van der Waals surface area contributed by atoms with E-state index in [1.165, 1.54) is 32.1 Å². The Morgan fingerprint density at radius 3 is 2.21 bits per heavy atom. The maximum atomic E-state index is 12.9. The van der Waals surface area contributed by atoms with Gasteiger partial charge in [0.1, 0.15) is 0 Å². The molecular formula is C23H32N2O3. The molecular weight excluding hydrogens is 352 g/mol. The van der Waals surface area contributed by atoms with E-state index in [4.69, 9.17) is 4.74 Å². The van der Waals surface area contributed by atoms with Gasteiger partial charge in [0.15, 0.2) is 6.10 Å². The fourth-order valence-corrected chi connectivity index (χ4v) is 6.78. The Labute approximate surface area is 167 Å². The smallest absolute Gasteiger partial charge is 0.340 e. The molecule has 5 aliphatic carbocycles. The standard InChI is InChI=1S/C23H32N2O3/c1-13-6-20(14(2)25(13)19-4-5-19)22(27)28-15(3)21(26)24-23-10-16-7-17(11-23)9-18(8-16)12-23/h6,15-19H,4-5,7-12H2,1-3H3,(H,24,26). The Kier molecular flexibility index (Phi) is 4.15. The number of amides is 1. The number of carbonyl (C=O) groups is 2. The molecule has 1 aromatic heterocycles. The largest absolute Gasteiger partial charge is 0.449 e. The van der Waals surface area contributed by atoms with Gasteiger partial charge in [-0.05, 0) is 96.0 Å². The SMILES string of the molecule is Cc1cc(C(=O)OC(C)C(=O)NC23CC4CC(CC(C4)C2)C3)c(C)n1C1CC1. The molecule has 1 heterocycles. The van der Waals surface area contributed by atoms with Crippen LogP contribution in [0.25, 0.3) is 0 Å². The maximum Gasteiger partial charge on any atom is 0.340 e. The Balaban J connectivity index is 1.24. The van der Waals surface area contributed by atoms with Crippen molar-refractivity contribution in [2.45, 2.75) is 89.8 Å². The highest BCUT2D eigenvalue weighted by Gasteiger charge is 2.51. The van der Waals surface area contributed by atoms with Gasteiger partial charge >= 0.3 is 5.97 Å².